The van der Waals surface area contributed by atoms with Crippen LogP contribution < -0.4 is 10.6 Å². The Morgan fingerprint density at radius 2 is 2.10 bits per heavy atom. The molecular weight excluding hydrogens is 131 g/mol. The summed E-state index contributed by atoms with van der Waals surface area (Å²) in [6.07, 6.45) is 2.28. The van der Waals surface area contributed by atoms with Crippen molar-refractivity contribution in [3.05, 3.63) is 0 Å². The van der Waals surface area contributed by atoms with Gasteiger partial charge >= 0.3 is 0 Å². The van der Waals surface area contributed by atoms with Crippen molar-refractivity contribution in [3.63, 3.8) is 0 Å². The minimum Gasteiger partial charge on any atom is -0.317 e. The van der Waals surface area contributed by atoms with E-state index in [1.54, 1.807) is 0 Å². The van der Waals surface area contributed by atoms with Gasteiger partial charge in [0.25, 0.3) is 0 Å². The van der Waals surface area contributed by atoms with E-state index in [2.05, 4.69) is 10.6 Å². The highest BCUT2D eigenvalue weighted by Gasteiger charge is 2.10. The Hall–Kier alpha value is -0.150. The third-order valence-corrected chi connectivity index (χ3v) is 1.87. The first-order valence-electron chi connectivity index (χ1n) is 3.93. The molecule has 1 rings (SSSR count). The number of halogens is 1. The fourth-order valence-electron chi connectivity index (χ4n) is 1.28. The second-order valence-electron chi connectivity index (χ2n) is 2.67. The maximum atomic E-state index is 11.7. The molecule has 0 aromatic carbocycles. The molecule has 1 saturated heterocycles. The monoisotopic (exact) mass is 146 g/mol. The van der Waals surface area contributed by atoms with Crippen LogP contribution in [0.15, 0.2) is 0 Å². The van der Waals surface area contributed by atoms with Crippen molar-refractivity contribution in [2.24, 2.45) is 0 Å². The molecule has 0 aliphatic carbocycles. The van der Waals surface area contributed by atoms with Gasteiger partial charge in [-0.1, -0.05) is 0 Å². The van der Waals surface area contributed by atoms with Gasteiger partial charge in [0.15, 0.2) is 0 Å². The zero-order valence-corrected chi connectivity index (χ0v) is 6.20. The average Bonchev–Trinajstić information content (AvgIpc) is 2.03. The Labute approximate surface area is 61.2 Å². The van der Waals surface area contributed by atoms with E-state index in [-0.39, 0.29) is 6.67 Å². The maximum absolute atomic E-state index is 11.7. The molecule has 0 unspecified atom stereocenters. The van der Waals surface area contributed by atoms with Gasteiger partial charge in [-0.05, 0) is 25.9 Å². The van der Waals surface area contributed by atoms with Crippen molar-refractivity contribution < 1.29 is 4.39 Å². The van der Waals surface area contributed by atoms with Crippen LogP contribution in [-0.4, -0.2) is 32.4 Å². The van der Waals surface area contributed by atoms with Crippen LogP contribution in [0.2, 0.25) is 0 Å². The summed E-state index contributed by atoms with van der Waals surface area (Å²) in [4.78, 5) is 0. The van der Waals surface area contributed by atoms with Crippen LogP contribution >= 0.6 is 0 Å². The second-order valence-corrected chi connectivity index (χ2v) is 2.67. The van der Waals surface area contributed by atoms with E-state index in [0.29, 0.717) is 12.6 Å². The van der Waals surface area contributed by atoms with Crippen molar-refractivity contribution in [2.75, 3.05) is 26.3 Å². The topological polar surface area (TPSA) is 24.1 Å². The van der Waals surface area contributed by atoms with Crippen LogP contribution in [0.3, 0.4) is 0 Å². The molecule has 0 saturated carbocycles. The highest BCUT2D eigenvalue weighted by atomic mass is 19.1. The lowest BCUT2D eigenvalue weighted by Crippen LogP contribution is -2.40. The van der Waals surface area contributed by atoms with Gasteiger partial charge in [-0.15, -0.1) is 0 Å². The van der Waals surface area contributed by atoms with Crippen LogP contribution in [0.25, 0.3) is 0 Å². The fraction of sp³-hybridized carbons (Fsp3) is 1.00. The first kappa shape index (κ1) is 7.95. The predicted octanol–water partition coefficient (Wildman–Crippen LogP) is 0.297. The van der Waals surface area contributed by atoms with Gasteiger partial charge in [0.2, 0.25) is 0 Å². The summed E-state index contributed by atoms with van der Waals surface area (Å²) in [5.74, 6) is 0. The Balaban J connectivity index is 2.02. The summed E-state index contributed by atoms with van der Waals surface area (Å²) in [5.41, 5.74) is 0. The highest BCUT2D eigenvalue weighted by Crippen LogP contribution is 2.00. The lowest BCUT2D eigenvalue weighted by molar-refractivity contribution is 0.364. The van der Waals surface area contributed by atoms with E-state index in [1.807, 2.05) is 0 Å². The Morgan fingerprint density at radius 3 is 2.70 bits per heavy atom. The second kappa shape index (κ2) is 4.63. The van der Waals surface area contributed by atoms with E-state index in [4.69, 9.17) is 0 Å². The molecule has 10 heavy (non-hydrogen) atoms. The van der Waals surface area contributed by atoms with E-state index in [9.17, 15) is 4.39 Å². The molecule has 2 N–H and O–H groups in total. The van der Waals surface area contributed by atoms with Crippen molar-refractivity contribution in [1.29, 1.82) is 0 Å². The van der Waals surface area contributed by atoms with Gasteiger partial charge < -0.3 is 10.6 Å². The molecule has 0 atom stereocenters. The predicted molar refractivity (Wildman–Crippen MR) is 39.9 cm³/mol. The molecule has 0 spiro atoms. The normalized spacial score (nSPS) is 21.3. The summed E-state index contributed by atoms with van der Waals surface area (Å²) in [5, 5.41) is 6.41. The van der Waals surface area contributed by atoms with Crippen molar-refractivity contribution in [2.45, 2.75) is 18.9 Å². The number of hydrogen-bond acceptors (Lipinski definition) is 2. The molecule has 0 aromatic rings. The van der Waals surface area contributed by atoms with Crippen molar-refractivity contribution in [3.8, 4) is 0 Å². The number of rotatable bonds is 3. The molecular formula is C7H15FN2. The number of piperidine rings is 1. The molecule has 1 fully saturated rings. The van der Waals surface area contributed by atoms with Crippen molar-refractivity contribution >= 4 is 0 Å². The van der Waals surface area contributed by atoms with Gasteiger partial charge in [0.1, 0.15) is 6.67 Å². The standard InChI is InChI=1S/C7H15FN2/c8-3-6-10-7-1-4-9-5-2-7/h7,9-10H,1-6H2. The maximum Gasteiger partial charge on any atom is 0.102 e. The molecule has 0 bridgehead atoms. The Bertz CT molecular complexity index is 81.7. The fourth-order valence-corrected chi connectivity index (χ4v) is 1.28. The Kier molecular flexibility index (Phi) is 3.68. The summed E-state index contributed by atoms with van der Waals surface area (Å²) in [7, 11) is 0. The van der Waals surface area contributed by atoms with Gasteiger partial charge in [-0.2, -0.15) is 0 Å². The third kappa shape index (κ3) is 2.62. The average molecular weight is 146 g/mol. The lowest BCUT2D eigenvalue weighted by Gasteiger charge is -2.22. The van der Waals surface area contributed by atoms with Gasteiger partial charge in [-0.3, -0.25) is 0 Å². The molecule has 0 aromatic heterocycles. The lowest BCUT2D eigenvalue weighted by atomic mass is 10.1. The van der Waals surface area contributed by atoms with E-state index in [1.165, 1.54) is 0 Å². The minimum absolute atomic E-state index is 0.246. The zero-order valence-electron chi connectivity index (χ0n) is 6.20. The highest BCUT2D eigenvalue weighted by molar-refractivity contribution is 4.73. The molecule has 60 valence electrons. The van der Waals surface area contributed by atoms with Crippen LogP contribution in [0.1, 0.15) is 12.8 Å². The summed E-state index contributed by atoms with van der Waals surface area (Å²) in [6.45, 7) is 2.42. The van der Waals surface area contributed by atoms with E-state index in [0.717, 1.165) is 25.9 Å². The molecule has 0 amide bonds. The third-order valence-electron chi connectivity index (χ3n) is 1.87. The molecule has 1 heterocycles. The van der Waals surface area contributed by atoms with Gasteiger partial charge in [-0.25, -0.2) is 4.39 Å². The minimum atomic E-state index is -0.246. The van der Waals surface area contributed by atoms with Crippen LogP contribution in [0.4, 0.5) is 4.39 Å². The van der Waals surface area contributed by atoms with Gasteiger partial charge in [0.05, 0.1) is 0 Å². The largest absolute Gasteiger partial charge is 0.317 e. The van der Waals surface area contributed by atoms with Crippen molar-refractivity contribution in [1.82, 2.24) is 10.6 Å². The molecule has 3 heteroatoms. The molecule has 2 nitrogen and oxygen atoms in total. The summed E-state index contributed by atoms with van der Waals surface area (Å²) < 4.78 is 11.7. The quantitative estimate of drug-likeness (QED) is 0.598. The SMILES string of the molecule is FCCNC1CCNCC1. The number of nitrogens with one attached hydrogen (secondary N) is 2. The number of hydrogen-bond donors (Lipinski definition) is 2. The first-order valence-corrected chi connectivity index (χ1v) is 3.93. The summed E-state index contributed by atoms with van der Waals surface area (Å²) >= 11 is 0. The Morgan fingerprint density at radius 1 is 1.40 bits per heavy atom. The first-order chi connectivity index (χ1) is 4.93. The summed E-state index contributed by atoms with van der Waals surface area (Å²) in [6, 6.07) is 0.553. The zero-order chi connectivity index (χ0) is 7.23. The number of alkyl halides is 1. The molecule has 1 aliphatic heterocycles. The van der Waals surface area contributed by atoms with E-state index >= 15 is 0 Å². The van der Waals surface area contributed by atoms with Gasteiger partial charge in [0, 0.05) is 12.6 Å². The smallest absolute Gasteiger partial charge is 0.102 e. The molecule has 0 radical (unpaired) electrons. The van der Waals surface area contributed by atoms with E-state index < -0.39 is 0 Å². The van der Waals surface area contributed by atoms with Crippen LogP contribution in [0.5, 0.6) is 0 Å². The van der Waals surface area contributed by atoms with Crippen LogP contribution in [0, 0.1) is 0 Å². The van der Waals surface area contributed by atoms with Crippen LogP contribution in [-0.2, 0) is 0 Å². The molecule has 1 aliphatic rings.